The van der Waals surface area contributed by atoms with Crippen LogP contribution in [0.4, 0.5) is 0 Å². The maximum atomic E-state index is 4.27. The molecule has 0 aromatic carbocycles. The molecule has 0 saturated heterocycles. The van der Waals surface area contributed by atoms with Gasteiger partial charge >= 0.3 is 0 Å². The van der Waals surface area contributed by atoms with Crippen molar-refractivity contribution in [2.75, 3.05) is 12.3 Å². The molecule has 0 amide bonds. The lowest BCUT2D eigenvalue weighted by Gasteiger charge is -2.21. The van der Waals surface area contributed by atoms with Crippen LogP contribution < -0.4 is 0 Å². The van der Waals surface area contributed by atoms with Gasteiger partial charge in [-0.05, 0) is 24.3 Å². The summed E-state index contributed by atoms with van der Waals surface area (Å²) in [7, 11) is 0. The van der Waals surface area contributed by atoms with Crippen LogP contribution in [-0.2, 0) is 6.54 Å². The van der Waals surface area contributed by atoms with Gasteiger partial charge in [-0.25, -0.2) is 0 Å². The molecule has 1 saturated carbocycles. The largest absolute Gasteiger partial charge is 0.291 e. The van der Waals surface area contributed by atoms with Crippen LogP contribution in [0.2, 0.25) is 0 Å². The fourth-order valence-corrected chi connectivity index (χ4v) is 2.52. The minimum atomic E-state index is 0.795. The van der Waals surface area contributed by atoms with Crippen LogP contribution in [0, 0.1) is 0 Å². The van der Waals surface area contributed by atoms with Gasteiger partial charge in [-0.1, -0.05) is 18.2 Å². The average molecular weight is 239 g/mol. The van der Waals surface area contributed by atoms with Crippen LogP contribution in [0.5, 0.6) is 0 Å². The molecule has 1 heterocycles. The molecule has 1 aromatic heterocycles. The number of nitrogens with zero attached hydrogens (tertiary/aromatic N) is 1. The lowest BCUT2D eigenvalue weighted by molar-refractivity contribution is 0.280. The zero-order valence-electron chi connectivity index (χ0n) is 8.85. The summed E-state index contributed by atoms with van der Waals surface area (Å²) >= 11 is 6.11. The van der Waals surface area contributed by atoms with Crippen molar-refractivity contribution in [2.24, 2.45) is 0 Å². The van der Waals surface area contributed by atoms with Gasteiger partial charge in [0.2, 0.25) is 0 Å². The molecule has 0 radical (unpaired) electrons. The standard InChI is InChI=1S/C12H17NS2/c1-10(9-14)7-13(11-4-5-11)8-12-3-2-6-15-12/h2-3,6,11,14H,1,4-5,7-9H2. The molecule has 1 nitrogen and oxygen atoms in total. The predicted octanol–water partition coefficient (Wildman–Crippen LogP) is 3.20. The maximum absolute atomic E-state index is 4.27. The molecule has 0 N–H and O–H groups in total. The Hall–Kier alpha value is -0.250. The smallest absolute Gasteiger partial charge is 0.0334 e. The zero-order valence-corrected chi connectivity index (χ0v) is 10.6. The topological polar surface area (TPSA) is 3.24 Å². The van der Waals surface area contributed by atoms with Crippen LogP contribution in [0.25, 0.3) is 0 Å². The Morgan fingerprint density at radius 1 is 1.60 bits per heavy atom. The number of hydrogen-bond acceptors (Lipinski definition) is 3. The minimum absolute atomic E-state index is 0.795. The Balaban J connectivity index is 1.91. The van der Waals surface area contributed by atoms with Gasteiger partial charge in [0, 0.05) is 29.8 Å². The van der Waals surface area contributed by atoms with Crippen molar-refractivity contribution in [2.45, 2.75) is 25.4 Å². The molecule has 0 spiro atoms. The van der Waals surface area contributed by atoms with E-state index in [9.17, 15) is 0 Å². The minimum Gasteiger partial charge on any atom is -0.291 e. The van der Waals surface area contributed by atoms with Crippen LogP contribution in [0.3, 0.4) is 0 Å². The van der Waals surface area contributed by atoms with Gasteiger partial charge in [0.1, 0.15) is 0 Å². The quantitative estimate of drug-likeness (QED) is 0.589. The van der Waals surface area contributed by atoms with E-state index in [2.05, 4.69) is 41.6 Å². The van der Waals surface area contributed by atoms with Gasteiger partial charge in [-0.3, -0.25) is 4.90 Å². The van der Waals surface area contributed by atoms with E-state index >= 15 is 0 Å². The molecule has 2 rings (SSSR count). The third-order valence-electron chi connectivity index (χ3n) is 2.65. The lowest BCUT2D eigenvalue weighted by Crippen LogP contribution is -2.27. The highest BCUT2D eigenvalue weighted by atomic mass is 32.1. The first-order chi connectivity index (χ1) is 7.29. The molecule has 0 unspecified atom stereocenters. The third-order valence-corrected chi connectivity index (χ3v) is 3.96. The van der Waals surface area contributed by atoms with Gasteiger partial charge < -0.3 is 0 Å². The molecule has 3 heteroatoms. The van der Waals surface area contributed by atoms with Gasteiger partial charge in [-0.15, -0.1) is 11.3 Å². The van der Waals surface area contributed by atoms with Crippen molar-refractivity contribution in [3.05, 3.63) is 34.5 Å². The van der Waals surface area contributed by atoms with Crippen LogP contribution in [-0.4, -0.2) is 23.2 Å². The summed E-state index contributed by atoms with van der Waals surface area (Å²) in [5.41, 5.74) is 1.22. The third kappa shape index (κ3) is 3.37. The SMILES string of the molecule is C=C(CS)CN(Cc1cccs1)C1CC1. The Labute approximate surface area is 101 Å². The summed E-state index contributed by atoms with van der Waals surface area (Å²) in [6.07, 6.45) is 2.70. The first kappa shape index (κ1) is 11.2. The molecule has 1 fully saturated rings. The normalized spacial score (nSPS) is 15.9. The second-order valence-electron chi connectivity index (χ2n) is 4.12. The van der Waals surface area contributed by atoms with Gasteiger partial charge in [0.05, 0.1) is 0 Å². The summed E-state index contributed by atoms with van der Waals surface area (Å²) in [6, 6.07) is 5.13. The van der Waals surface area contributed by atoms with Crippen LogP contribution in [0.15, 0.2) is 29.7 Å². The number of thiophene rings is 1. The highest BCUT2D eigenvalue weighted by Crippen LogP contribution is 2.29. The molecular formula is C12H17NS2. The molecule has 82 valence electrons. The fraction of sp³-hybridized carbons (Fsp3) is 0.500. The van der Waals surface area contributed by atoms with Crippen molar-refractivity contribution in [1.29, 1.82) is 0 Å². The average Bonchev–Trinajstić information content (AvgIpc) is 2.97. The highest BCUT2D eigenvalue weighted by molar-refractivity contribution is 7.80. The van der Waals surface area contributed by atoms with E-state index in [0.29, 0.717) is 0 Å². The van der Waals surface area contributed by atoms with E-state index in [4.69, 9.17) is 0 Å². The summed E-state index contributed by atoms with van der Waals surface area (Å²) in [6.45, 7) is 6.12. The molecule has 1 aliphatic carbocycles. The summed E-state index contributed by atoms with van der Waals surface area (Å²) in [5, 5.41) is 2.15. The first-order valence-corrected chi connectivity index (χ1v) is 6.84. The second kappa shape index (κ2) is 5.19. The van der Waals surface area contributed by atoms with Crippen molar-refractivity contribution in [1.82, 2.24) is 4.90 Å². The predicted molar refractivity (Wildman–Crippen MR) is 70.7 cm³/mol. The van der Waals surface area contributed by atoms with E-state index in [1.807, 2.05) is 11.3 Å². The van der Waals surface area contributed by atoms with Gasteiger partial charge in [-0.2, -0.15) is 12.6 Å². The zero-order chi connectivity index (χ0) is 10.7. The number of hydrogen-bond donors (Lipinski definition) is 1. The molecule has 0 atom stereocenters. The van der Waals surface area contributed by atoms with Crippen LogP contribution >= 0.6 is 24.0 Å². The van der Waals surface area contributed by atoms with E-state index in [0.717, 1.165) is 24.9 Å². The molecule has 15 heavy (non-hydrogen) atoms. The monoisotopic (exact) mass is 239 g/mol. The lowest BCUT2D eigenvalue weighted by atomic mass is 10.3. The van der Waals surface area contributed by atoms with E-state index in [1.54, 1.807) is 0 Å². The number of rotatable bonds is 6. The van der Waals surface area contributed by atoms with Gasteiger partial charge in [0.25, 0.3) is 0 Å². The summed E-state index contributed by atoms with van der Waals surface area (Å²) < 4.78 is 0. The number of thiol groups is 1. The van der Waals surface area contributed by atoms with E-state index in [1.165, 1.54) is 23.3 Å². The van der Waals surface area contributed by atoms with Crippen molar-refractivity contribution in [3.8, 4) is 0 Å². The molecular weight excluding hydrogens is 222 g/mol. The molecule has 0 bridgehead atoms. The molecule has 1 aliphatic rings. The van der Waals surface area contributed by atoms with Gasteiger partial charge in [0.15, 0.2) is 0 Å². The summed E-state index contributed by atoms with van der Waals surface area (Å²) in [4.78, 5) is 3.98. The van der Waals surface area contributed by atoms with Crippen molar-refractivity contribution in [3.63, 3.8) is 0 Å². The molecule has 1 aromatic rings. The van der Waals surface area contributed by atoms with E-state index in [-0.39, 0.29) is 0 Å². The summed E-state index contributed by atoms with van der Waals surface area (Å²) in [5.74, 6) is 0.799. The fourth-order valence-electron chi connectivity index (χ4n) is 1.69. The van der Waals surface area contributed by atoms with Crippen LogP contribution in [0.1, 0.15) is 17.7 Å². The Kier molecular flexibility index (Phi) is 3.89. The Morgan fingerprint density at radius 2 is 2.40 bits per heavy atom. The van der Waals surface area contributed by atoms with E-state index < -0.39 is 0 Å². The van der Waals surface area contributed by atoms with Crippen molar-refractivity contribution >= 4 is 24.0 Å². The Morgan fingerprint density at radius 3 is 2.93 bits per heavy atom. The highest BCUT2D eigenvalue weighted by Gasteiger charge is 2.29. The second-order valence-corrected chi connectivity index (χ2v) is 5.47. The first-order valence-electron chi connectivity index (χ1n) is 5.33. The van der Waals surface area contributed by atoms with Crippen molar-refractivity contribution < 1.29 is 0 Å². The maximum Gasteiger partial charge on any atom is 0.0334 e. The Bertz CT molecular complexity index is 314. The molecule has 0 aliphatic heterocycles.